The van der Waals surface area contributed by atoms with Gasteiger partial charge in [-0.25, -0.2) is 0 Å². The highest BCUT2D eigenvalue weighted by atomic mass is 16.5. The lowest BCUT2D eigenvalue weighted by Gasteiger charge is -2.44. The number of ketones is 1. The molecule has 0 saturated carbocycles. The zero-order valence-electron chi connectivity index (χ0n) is 16.5. The first-order chi connectivity index (χ1) is 12.5. The maximum absolute atomic E-state index is 12.9. The summed E-state index contributed by atoms with van der Waals surface area (Å²) in [5.74, 6) is -2.53. The molecule has 1 aromatic carbocycles. The minimum Gasteiger partial charge on any atom is -0.507 e. The van der Waals surface area contributed by atoms with E-state index in [4.69, 9.17) is 4.74 Å². The number of fused-ring (bicyclic) bond motifs is 1. The van der Waals surface area contributed by atoms with E-state index in [1.165, 1.54) is 7.11 Å². The molecule has 0 amide bonds. The van der Waals surface area contributed by atoms with Crippen LogP contribution in [0.25, 0.3) is 0 Å². The molecule has 6 nitrogen and oxygen atoms in total. The molecular weight excluding hydrogens is 348 g/mol. The van der Waals surface area contributed by atoms with Crippen molar-refractivity contribution >= 4 is 11.8 Å². The topological polar surface area (TPSA) is 104 Å². The van der Waals surface area contributed by atoms with Crippen LogP contribution in [0.3, 0.4) is 0 Å². The van der Waals surface area contributed by atoms with Gasteiger partial charge in [0, 0.05) is 29.4 Å². The highest BCUT2D eigenvalue weighted by Gasteiger charge is 2.48. The van der Waals surface area contributed by atoms with Gasteiger partial charge in [-0.05, 0) is 25.2 Å². The Morgan fingerprint density at radius 1 is 1.26 bits per heavy atom. The highest BCUT2D eigenvalue weighted by Crippen LogP contribution is 2.57. The summed E-state index contributed by atoms with van der Waals surface area (Å²) in [6.45, 7) is 11.1. The van der Waals surface area contributed by atoms with Crippen molar-refractivity contribution in [3.05, 3.63) is 28.8 Å². The zero-order chi connectivity index (χ0) is 20.7. The molecule has 27 heavy (non-hydrogen) atoms. The lowest BCUT2D eigenvalue weighted by Crippen LogP contribution is -2.40. The standard InChI is InChI=1S/C21H28O6/c1-10(2)12-9-13(22)16-17(21(12,5)8-7-14(23)27-6)20(26)19(25)15(11(3)4)18(16)24/h11-12,24-26H,1,7-9H2,2-6H3. The summed E-state index contributed by atoms with van der Waals surface area (Å²) in [6.07, 6.45) is 0.442. The number of methoxy groups -OCH3 is 1. The number of carbonyl (C=O) groups is 2. The number of Topliss-reactive ketones (excluding diaryl/α,β-unsaturated/α-hetero) is 1. The van der Waals surface area contributed by atoms with E-state index < -0.39 is 22.9 Å². The van der Waals surface area contributed by atoms with Crippen molar-refractivity contribution in [2.45, 2.75) is 58.3 Å². The number of aromatic hydroxyl groups is 3. The predicted molar refractivity (Wildman–Crippen MR) is 101 cm³/mol. The van der Waals surface area contributed by atoms with Crippen molar-refractivity contribution in [1.82, 2.24) is 0 Å². The van der Waals surface area contributed by atoms with Gasteiger partial charge < -0.3 is 20.1 Å². The molecule has 0 fully saturated rings. The van der Waals surface area contributed by atoms with Crippen LogP contribution >= 0.6 is 0 Å². The lowest BCUT2D eigenvalue weighted by atomic mass is 9.59. The molecule has 0 aromatic heterocycles. The number of allylic oxidation sites excluding steroid dienone is 1. The Kier molecular flexibility index (Phi) is 5.59. The summed E-state index contributed by atoms with van der Waals surface area (Å²) >= 11 is 0. The van der Waals surface area contributed by atoms with Gasteiger partial charge in [-0.1, -0.05) is 32.9 Å². The number of carbonyl (C=O) groups excluding carboxylic acids is 2. The maximum atomic E-state index is 12.9. The van der Waals surface area contributed by atoms with E-state index in [1.807, 2.05) is 6.92 Å². The summed E-state index contributed by atoms with van der Waals surface area (Å²) < 4.78 is 4.73. The van der Waals surface area contributed by atoms with Gasteiger partial charge in [0.1, 0.15) is 5.75 Å². The first kappa shape index (κ1) is 20.8. The average Bonchev–Trinajstić information content (AvgIpc) is 2.58. The van der Waals surface area contributed by atoms with Gasteiger partial charge in [0.05, 0.1) is 12.7 Å². The van der Waals surface area contributed by atoms with Crippen LogP contribution in [-0.4, -0.2) is 34.2 Å². The second-order valence-electron chi connectivity index (χ2n) is 7.88. The van der Waals surface area contributed by atoms with Crippen molar-refractivity contribution in [2.75, 3.05) is 7.11 Å². The van der Waals surface area contributed by atoms with Crippen LogP contribution in [0.15, 0.2) is 12.2 Å². The number of phenolic OH excluding ortho intramolecular Hbond substituents is 3. The van der Waals surface area contributed by atoms with E-state index in [2.05, 4.69) is 6.58 Å². The SMILES string of the molecule is C=C(C)C1CC(=O)c2c(O)c(C(C)C)c(O)c(O)c2C1(C)CCC(=O)OC. The lowest BCUT2D eigenvalue weighted by molar-refractivity contribution is -0.141. The molecule has 148 valence electrons. The number of benzene rings is 1. The zero-order valence-corrected chi connectivity index (χ0v) is 16.5. The summed E-state index contributed by atoms with van der Waals surface area (Å²) in [7, 11) is 1.29. The molecule has 0 spiro atoms. The van der Waals surface area contributed by atoms with Gasteiger partial charge in [0.25, 0.3) is 0 Å². The van der Waals surface area contributed by atoms with E-state index >= 15 is 0 Å². The summed E-state index contributed by atoms with van der Waals surface area (Å²) in [6, 6.07) is 0. The van der Waals surface area contributed by atoms with Gasteiger partial charge in [-0.3, -0.25) is 9.59 Å². The Bertz CT molecular complexity index is 808. The molecule has 0 bridgehead atoms. The molecule has 0 aliphatic heterocycles. The molecule has 0 saturated heterocycles. The largest absolute Gasteiger partial charge is 0.507 e. The molecule has 0 heterocycles. The molecule has 0 radical (unpaired) electrons. The van der Waals surface area contributed by atoms with Crippen molar-refractivity contribution in [3.8, 4) is 17.2 Å². The summed E-state index contributed by atoms with van der Waals surface area (Å²) in [5, 5.41) is 32.1. The molecule has 6 heteroatoms. The van der Waals surface area contributed by atoms with Crippen LogP contribution in [-0.2, 0) is 14.9 Å². The smallest absolute Gasteiger partial charge is 0.305 e. The van der Waals surface area contributed by atoms with Crippen LogP contribution in [0.2, 0.25) is 0 Å². The van der Waals surface area contributed by atoms with E-state index in [-0.39, 0.29) is 59.3 Å². The fraction of sp³-hybridized carbons (Fsp3) is 0.524. The van der Waals surface area contributed by atoms with Crippen molar-refractivity contribution in [2.24, 2.45) is 5.92 Å². The van der Waals surface area contributed by atoms with Crippen LogP contribution in [0.5, 0.6) is 17.2 Å². The summed E-state index contributed by atoms with van der Waals surface area (Å²) in [5.41, 5.74) is 0.197. The van der Waals surface area contributed by atoms with Crippen LogP contribution < -0.4 is 0 Å². The maximum Gasteiger partial charge on any atom is 0.305 e. The minimum absolute atomic E-state index is 0.0267. The Morgan fingerprint density at radius 2 is 1.85 bits per heavy atom. The van der Waals surface area contributed by atoms with Gasteiger partial charge in [-0.2, -0.15) is 0 Å². The van der Waals surface area contributed by atoms with Crippen LogP contribution in [0, 0.1) is 5.92 Å². The number of hydrogen-bond donors (Lipinski definition) is 3. The number of ether oxygens (including phenoxy) is 1. The molecule has 1 aliphatic carbocycles. The van der Waals surface area contributed by atoms with Crippen molar-refractivity contribution in [3.63, 3.8) is 0 Å². The first-order valence-corrected chi connectivity index (χ1v) is 9.03. The molecule has 2 unspecified atom stereocenters. The second kappa shape index (κ2) is 7.25. The summed E-state index contributed by atoms with van der Waals surface area (Å²) in [4.78, 5) is 24.6. The number of phenols is 3. The predicted octanol–water partition coefficient (Wildman–Crippen LogP) is 3.92. The number of rotatable bonds is 5. The second-order valence-corrected chi connectivity index (χ2v) is 7.88. The highest BCUT2D eigenvalue weighted by molar-refractivity contribution is 6.04. The third kappa shape index (κ3) is 3.29. The minimum atomic E-state index is -0.877. The normalized spacial score (nSPS) is 21.9. The van der Waals surface area contributed by atoms with Crippen LogP contribution in [0.1, 0.15) is 74.4 Å². The third-order valence-corrected chi connectivity index (χ3v) is 5.72. The van der Waals surface area contributed by atoms with Crippen molar-refractivity contribution < 1.29 is 29.6 Å². The third-order valence-electron chi connectivity index (χ3n) is 5.72. The van der Waals surface area contributed by atoms with Gasteiger partial charge in [-0.15, -0.1) is 0 Å². The molecule has 1 aromatic rings. The van der Waals surface area contributed by atoms with Crippen molar-refractivity contribution in [1.29, 1.82) is 0 Å². The average molecular weight is 376 g/mol. The molecule has 2 rings (SSSR count). The Hall–Kier alpha value is -2.50. The first-order valence-electron chi connectivity index (χ1n) is 9.03. The molecule has 3 N–H and O–H groups in total. The molecular formula is C21H28O6. The number of hydrogen-bond acceptors (Lipinski definition) is 6. The van der Waals surface area contributed by atoms with Gasteiger partial charge in [0.15, 0.2) is 17.3 Å². The van der Waals surface area contributed by atoms with E-state index in [9.17, 15) is 24.9 Å². The van der Waals surface area contributed by atoms with E-state index in [0.29, 0.717) is 0 Å². The Labute approximate surface area is 159 Å². The van der Waals surface area contributed by atoms with E-state index in [0.717, 1.165) is 5.57 Å². The molecule has 1 aliphatic rings. The fourth-order valence-corrected chi connectivity index (χ4v) is 4.27. The fourth-order valence-electron chi connectivity index (χ4n) is 4.27. The van der Waals surface area contributed by atoms with Gasteiger partial charge >= 0.3 is 5.97 Å². The Morgan fingerprint density at radius 3 is 2.33 bits per heavy atom. The number of esters is 1. The van der Waals surface area contributed by atoms with Gasteiger partial charge in [0.2, 0.25) is 0 Å². The van der Waals surface area contributed by atoms with E-state index in [1.54, 1.807) is 20.8 Å². The molecule has 2 atom stereocenters. The monoisotopic (exact) mass is 376 g/mol. The Balaban J connectivity index is 2.81. The van der Waals surface area contributed by atoms with Crippen LogP contribution in [0.4, 0.5) is 0 Å². The quantitative estimate of drug-likeness (QED) is 0.311.